The summed E-state index contributed by atoms with van der Waals surface area (Å²) < 4.78 is 0. The third kappa shape index (κ3) is 1.93. The van der Waals surface area contributed by atoms with Crippen LogP contribution in [-0.2, 0) is 4.79 Å². The van der Waals surface area contributed by atoms with Gasteiger partial charge in [-0.1, -0.05) is 31.9 Å². The van der Waals surface area contributed by atoms with Crippen LogP contribution in [0.4, 0.5) is 0 Å². The Hall–Kier alpha value is -1.37. The van der Waals surface area contributed by atoms with Gasteiger partial charge in [-0.2, -0.15) is 0 Å². The molecule has 134 valence electrons. The van der Waals surface area contributed by atoms with E-state index in [1.807, 2.05) is 13.0 Å². The fraction of sp³-hybridized carbons (Fsp3) is 0.682. The van der Waals surface area contributed by atoms with Crippen molar-refractivity contribution in [3.63, 3.8) is 0 Å². The number of ketones is 1. The lowest BCUT2D eigenvalue weighted by atomic mass is 9.45. The topological polar surface area (TPSA) is 57.5 Å². The SMILES string of the molecule is C#C[C@]1(O)C(=C)C[C@H]2[C@@H]3CCC4=CC(=O)CC[C@]4(C)[C@H]3[C@@H](O)C[C@@]21C. The Morgan fingerprint density at radius 3 is 2.76 bits per heavy atom. The molecule has 0 aromatic rings. The molecule has 2 N–H and O–H groups in total. The Bertz CT molecular complexity index is 728. The number of terminal acetylenes is 1. The molecule has 0 radical (unpaired) electrons. The van der Waals surface area contributed by atoms with E-state index in [1.54, 1.807) is 0 Å². The molecule has 0 aromatic heterocycles. The third-order valence-electron chi connectivity index (χ3n) is 8.30. The normalized spacial score (nSPS) is 51.9. The van der Waals surface area contributed by atoms with Gasteiger partial charge in [0.15, 0.2) is 11.4 Å². The summed E-state index contributed by atoms with van der Waals surface area (Å²) in [5.74, 6) is 3.51. The molecule has 3 fully saturated rings. The fourth-order valence-corrected chi connectivity index (χ4v) is 6.91. The minimum Gasteiger partial charge on any atom is -0.393 e. The van der Waals surface area contributed by atoms with Gasteiger partial charge in [0, 0.05) is 11.8 Å². The molecule has 4 rings (SSSR count). The van der Waals surface area contributed by atoms with Gasteiger partial charge in [-0.05, 0) is 66.9 Å². The average Bonchev–Trinajstić information content (AvgIpc) is 2.76. The lowest BCUT2D eigenvalue weighted by Crippen LogP contribution is -2.59. The van der Waals surface area contributed by atoms with Gasteiger partial charge >= 0.3 is 0 Å². The van der Waals surface area contributed by atoms with E-state index in [9.17, 15) is 15.0 Å². The first-order valence-corrected chi connectivity index (χ1v) is 9.48. The number of carbonyl (C=O) groups excluding carboxylic acids is 1. The first-order valence-electron chi connectivity index (χ1n) is 9.48. The Morgan fingerprint density at radius 2 is 2.08 bits per heavy atom. The molecule has 7 atom stereocenters. The molecule has 4 aliphatic rings. The molecule has 0 bridgehead atoms. The molecule has 4 aliphatic carbocycles. The summed E-state index contributed by atoms with van der Waals surface area (Å²) >= 11 is 0. The summed E-state index contributed by atoms with van der Waals surface area (Å²) in [5.41, 5.74) is -0.0298. The van der Waals surface area contributed by atoms with Gasteiger partial charge in [-0.15, -0.1) is 6.42 Å². The quantitative estimate of drug-likeness (QED) is 0.526. The van der Waals surface area contributed by atoms with Crippen LogP contribution in [0, 0.1) is 40.9 Å². The smallest absolute Gasteiger partial charge is 0.155 e. The average molecular weight is 340 g/mol. The van der Waals surface area contributed by atoms with Gasteiger partial charge in [0.2, 0.25) is 0 Å². The maximum absolute atomic E-state index is 11.9. The number of aliphatic hydroxyl groups is 2. The summed E-state index contributed by atoms with van der Waals surface area (Å²) in [4.78, 5) is 11.9. The van der Waals surface area contributed by atoms with Crippen LogP contribution in [0.25, 0.3) is 0 Å². The zero-order chi connectivity index (χ0) is 18.2. The van der Waals surface area contributed by atoms with Crippen molar-refractivity contribution >= 4 is 5.78 Å². The molecule has 3 nitrogen and oxygen atoms in total. The number of allylic oxidation sites excluding steroid dienone is 1. The Morgan fingerprint density at radius 1 is 1.36 bits per heavy atom. The maximum atomic E-state index is 11.9. The first kappa shape index (κ1) is 17.1. The molecule has 0 saturated heterocycles. The number of hydrogen-bond acceptors (Lipinski definition) is 3. The second-order valence-corrected chi connectivity index (χ2v) is 9.24. The van der Waals surface area contributed by atoms with Crippen molar-refractivity contribution in [1.82, 2.24) is 0 Å². The third-order valence-corrected chi connectivity index (χ3v) is 8.30. The van der Waals surface area contributed by atoms with Gasteiger partial charge in [-0.25, -0.2) is 0 Å². The zero-order valence-electron chi connectivity index (χ0n) is 15.2. The predicted octanol–water partition coefficient (Wildman–Crippen LogP) is 3.02. The second-order valence-electron chi connectivity index (χ2n) is 9.24. The van der Waals surface area contributed by atoms with Crippen LogP contribution in [0.2, 0.25) is 0 Å². The second kappa shape index (κ2) is 5.09. The Kier molecular flexibility index (Phi) is 3.47. The van der Waals surface area contributed by atoms with E-state index >= 15 is 0 Å². The highest BCUT2D eigenvalue weighted by molar-refractivity contribution is 5.91. The van der Waals surface area contributed by atoms with Crippen LogP contribution in [0.1, 0.15) is 52.4 Å². The van der Waals surface area contributed by atoms with Crippen molar-refractivity contribution in [3.05, 3.63) is 23.8 Å². The molecule has 0 spiro atoms. The van der Waals surface area contributed by atoms with Crippen molar-refractivity contribution in [1.29, 1.82) is 0 Å². The lowest BCUT2D eigenvalue weighted by molar-refractivity contribution is -0.153. The molecule has 25 heavy (non-hydrogen) atoms. The number of fused-ring (bicyclic) bond motifs is 5. The summed E-state index contributed by atoms with van der Waals surface area (Å²) in [5, 5.41) is 22.3. The van der Waals surface area contributed by atoms with E-state index in [0.717, 1.165) is 31.3 Å². The highest BCUT2D eigenvalue weighted by Gasteiger charge is 2.67. The molecule has 0 heterocycles. The summed E-state index contributed by atoms with van der Waals surface area (Å²) in [7, 11) is 0. The molecule has 3 saturated carbocycles. The van der Waals surface area contributed by atoms with Crippen LogP contribution in [0.5, 0.6) is 0 Å². The summed E-state index contributed by atoms with van der Waals surface area (Å²) in [6.07, 6.45) is 11.5. The summed E-state index contributed by atoms with van der Waals surface area (Å²) in [6, 6.07) is 0. The Balaban J connectivity index is 1.79. The highest BCUT2D eigenvalue weighted by Crippen LogP contribution is 2.68. The van der Waals surface area contributed by atoms with Gasteiger partial charge in [0.25, 0.3) is 0 Å². The van der Waals surface area contributed by atoms with Crippen LogP contribution >= 0.6 is 0 Å². The van der Waals surface area contributed by atoms with E-state index in [4.69, 9.17) is 6.42 Å². The van der Waals surface area contributed by atoms with Crippen molar-refractivity contribution in [2.45, 2.75) is 64.1 Å². The van der Waals surface area contributed by atoms with E-state index in [2.05, 4.69) is 19.4 Å². The van der Waals surface area contributed by atoms with Gasteiger partial charge < -0.3 is 10.2 Å². The number of aliphatic hydroxyl groups excluding tert-OH is 1. The van der Waals surface area contributed by atoms with E-state index in [1.165, 1.54) is 5.57 Å². The minimum atomic E-state index is -1.33. The predicted molar refractivity (Wildman–Crippen MR) is 96.4 cm³/mol. The van der Waals surface area contributed by atoms with Crippen LogP contribution < -0.4 is 0 Å². The van der Waals surface area contributed by atoms with Crippen molar-refractivity contribution in [2.75, 3.05) is 0 Å². The standard InChI is InChI=1S/C22H28O3/c1-5-22(25)13(2)10-17-16-7-6-14-11-15(23)8-9-20(14,3)19(16)18(24)12-21(17,22)4/h1,11,16-19,24-25H,2,6-10,12H2,3-4H3/t16-,17-,18-,19+,20-,21-,22-/m0/s1. The van der Waals surface area contributed by atoms with Gasteiger partial charge in [0.1, 0.15) is 0 Å². The lowest BCUT2D eigenvalue weighted by Gasteiger charge is -2.60. The number of hydrogen-bond donors (Lipinski definition) is 2. The minimum absolute atomic E-state index is 0.115. The fourth-order valence-electron chi connectivity index (χ4n) is 6.91. The molecule has 3 heteroatoms. The van der Waals surface area contributed by atoms with Crippen LogP contribution in [0.15, 0.2) is 23.8 Å². The molecule has 0 amide bonds. The van der Waals surface area contributed by atoms with Crippen LogP contribution in [0.3, 0.4) is 0 Å². The monoisotopic (exact) mass is 340 g/mol. The maximum Gasteiger partial charge on any atom is 0.155 e. The largest absolute Gasteiger partial charge is 0.393 e. The van der Waals surface area contributed by atoms with Crippen LogP contribution in [-0.4, -0.2) is 27.7 Å². The van der Waals surface area contributed by atoms with Crippen molar-refractivity contribution in [2.24, 2.45) is 28.6 Å². The molecule has 0 unspecified atom stereocenters. The molecule has 0 aliphatic heterocycles. The molecule has 0 aromatic carbocycles. The van der Waals surface area contributed by atoms with Gasteiger partial charge in [0.05, 0.1) is 6.10 Å². The summed E-state index contributed by atoms with van der Waals surface area (Å²) in [6.45, 7) is 8.35. The zero-order valence-corrected chi connectivity index (χ0v) is 15.2. The van der Waals surface area contributed by atoms with E-state index in [-0.39, 0.29) is 23.0 Å². The highest BCUT2D eigenvalue weighted by atomic mass is 16.3. The molecular weight excluding hydrogens is 312 g/mol. The Labute approximate surface area is 150 Å². The van der Waals surface area contributed by atoms with Crippen molar-refractivity contribution in [3.8, 4) is 12.3 Å². The first-order chi connectivity index (χ1) is 11.7. The van der Waals surface area contributed by atoms with Gasteiger partial charge in [-0.3, -0.25) is 4.79 Å². The number of carbonyl (C=O) groups is 1. The number of rotatable bonds is 0. The van der Waals surface area contributed by atoms with Crippen molar-refractivity contribution < 1.29 is 15.0 Å². The molecular formula is C22H28O3. The van der Waals surface area contributed by atoms with E-state index < -0.39 is 17.1 Å². The van der Waals surface area contributed by atoms with E-state index in [0.29, 0.717) is 18.8 Å².